The van der Waals surface area contributed by atoms with Gasteiger partial charge in [-0.25, -0.2) is 4.68 Å². The first kappa shape index (κ1) is 11.5. The number of aliphatic hydroxyl groups excluding tert-OH is 1. The third-order valence-electron chi connectivity index (χ3n) is 2.55. The van der Waals surface area contributed by atoms with Crippen molar-refractivity contribution in [3.63, 3.8) is 0 Å². The minimum atomic E-state index is -0.137. The molecule has 0 saturated carbocycles. The number of phenolic OH excluding ortho intramolecular Hbond substituents is 1. The average molecular weight is 234 g/mol. The molecule has 0 aliphatic heterocycles. The first-order valence-corrected chi connectivity index (χ1v) is 5.36. The molecule has 0 amide bonds. The fourth-order valence-electron chi connectivity index (χ4n) is 1.70. The van der Waals surface area contributed by atoms with Crippen LogP contribution in [0.5, 0.6) is 5.75 Å². The molecule has 0 spiro atoms. The lowest BCUT2D eigenvalue weighted by Gasteiger charge is -2.02. The number of nitrogens with zero attached hydrogens (tertiary/aromatic N) is 1. The average Bonchev–Trinajstić information content (AvgIpc) is 2.62. The number of phenols is 1. The van der Waals surface area contributed by atoms with E-state index in [9.17, 15) is 9.90 Å². The summed E-state index contributed by atoms with van der Waals surface area (Å²) in [5.41, 5.74) is 1.26. The maximum Gasteiger partial charge on any atom is 0.270 e. The molecular formula is C12H14N2O3. The number of benzene rings is 1. The van der Waals surface area contributed by atoms with Gasteiger partial charge in [-0.2, -0.15) is 0 Å². The van der Waals surface area contributed by atoms with Crippen LogP contribution in [-0.4, -0.2) is 26.6 Å². The summed E-state index contributed by atoms with van der Waals surface area (Å²) in [4.78, 5) is 11.8. The number of hydrogen-bond donors (Lipinski definition) is 3. The molecule has 3 N–H and O–H groups in total. The van der Waals surface area contributed by atoms with E-state index in [0.29, 0.717) is 18.5 Å². The summed E-state index contributed by atoms with van der Waals surface area (Å²) in [6, 6.07) is 6.75. The van der Waals surface area contributed by atoms with Crippen LogP contribution in [0.15, 0.2) is 35.3 Å². The predicted molar refractivity (Wildman–Crippen MR) is 63.1 cm³/mol. The largest absolute Gasteiger partial charge is 0.508 e. The molecule has 2 aromatic rings. The van der Waals surface area contributed by atoms with E-state index >= 15 is 0 Å². The SMILES string of the molecule is O=c1c(CCO)c[nH]n1Cc1cccc(O)c1. The molecule has 17 heavy (non-hydrogen) atoms. The standard InChI is InChI=1S/C12H14N2O3/c15-5-4-10-7-13-14(12(10)17)8-9-2-1-3-11(16)6-9/h1-3,6-7,13,15-16H,4-5,8H2. The van der Waals surface area contributed by atoms with Crippen LogP contribution in [-0.2, 0) is 13.0 Å². The molecule has 1 aromatic carbocycles. The fourth-order valence-corrected chi connectivity index (χ4v) is 1.70. The van der Waals surface area contributed by atoms with Crippen LogP contribution in [0.25, 0.3) is 0 Å². The zero-order valence-electron chi connectivity index (χ0n) is 9.26. The fraction of sp³-hybridized carbons (Fsp3) is 0.250. The van der Waals surface area contributed by atoms with Gasteiger partial charge in [-0.3, -0.25) is 4.79 Å². The van der Waals surface area contributed by atoms with Crippen LogP contribution in [0.3, 0.4) is 0 Å². The second-order valence-electron chi connectivity index (χ2n) is 3.83. The van der Waals surface area contributed by atoms with Crippen LogP contribution in [0.1, 0.15) is 11.1 Å². The topological polar surface area (TPSA) is 78.2 Å². The number of aliphatic hydroxyl groups is 1. The van der Waals surface area contributed by atoms with Crippen molar-refractivity contribution < 1.29 is 10.2 Å². The first-order chi connectivity index (χ1) is 8.20. The lowest BCUT2D eigenvalue weighted by Crippen LogP contribution is -2.20. The summed E-state index contributed by atoms with van der Waals surface area (Å²) >= 11 is 0. The van der Waals surface area contributed by atoms with Crippen molar-refractivity contribution in [2.45, 2.75) is 13.0 Å². The van der Waals surface area contributed by atoms with Crippen molar-refractivity contribution in [2.75, 3.05) is 6.61 Å². The van der Waals surface area contributed by atoms with Gasteiger partial charge in [0.05, 0.1) is 6.54 Å². The zero-order valence-corrected chi connectivity index (χ0v) is 9.26. The monoisotopic (exact) mass is 234 g/mol. The molecule has 2 rings (SSSR count). The van der Waals surface area contributed by atoms with Crippen molar-refractivity contribution in [3.05, 3.63) is 51.9 Å². The molecule has 5 nitrogen and oxygen atoms in total. The van der Waals surface area contributed by atoms with E-state index in [1.807, 2.05) is 6.07 Å². The smallest absolute Gasteiger partial charge is 0.270 e. The van der Waals surface area contributed by atoms with Gasteiger partial charge in [0.1, 0.15) is 5.75 Å². The summed E-state index contributed by atoms with van der Waals surface area (Å²) < 4.78 is 1.44. The highest BCUT2D eigenvalue weighted by Gasteiger charge is 2.06. The van der Waals surface area contributed by atoms with E-state index in [0.717, 1.165) is 5.56 Å². The molecule has 0 bridgehead atoms. The van der Waals surface area contributed by atoms with Gasteiger partial charge in [0.25, 0.3) is 5.56 Å². The maximum absolute atomic E-state index is 11.8. The Morgan fingerprint density at radius 3 is 2.88 bits per heavy atom. The van der Waals surface area contributed by atoms with E-state index < -0.39 is 0 Å². The van der Waals surface area contributed by atoms with Crippen molar-refractivity contribution in [1.29, 1.82) is 0 Å². The summed E-state index contributed by atoms with van der Waals surface area (Å²) in [7, 11) is 0. The molecular weight excluding hydrogens is 220 g/mol. The third kappa shape index (κ3) is 2.57. The molecule has 1 heterocycles. The van der Waals surface area contributed by atoms with Crippen molar-refractivity contribution in [2.24, 2.45) is 0 Å². The van der Waals surface area contributed by atoms with Crippen LogP contribution in [0, 0.1) is 0 Å². The summed E-state index contributed by atoms with van der Waals surface area (Å²) in [5.74, 6) is 0.178. The Hall–Kier alpha value is -2.01. The molecule has 0 aliphatic rings. The number of aromatic nitrogens is 2. The Morgan fingerprint density at radius 2 is 2.18 bits per heavy atom. The number of H-pyrrole nitrogens is 1. The van der Waals surface area contributed by atoms with Gasteiger partial charge >= 0.3 is 0 Å². The lowest BCUT2D eigenvalue weighted by atomic mass is 10.2. The van der Waals surface area contributed by atoms with E-state index in [4.69, 9.17) is 5.11 Å². The third-order valence-corrected chi connectivity index (χ3v) is 2.55. The molecule has 0 unspecified atom stereocenters. The molecule has 1 aromatic heterocycles. The first-order valence-electron chi connectivity index (χ1n) is 5.36. The second kappa shape index (κ2) is 4.88. The highest BCUT2D eigenvalue weighted by molar-refractivity contribution is 5.27. The van der Waals surface area contributed by atoms with Crippen molar-refractivity contribution >= 4 is 0 Å². The molecule has 0 atom stereocenters. The molecule has 0 radical (unpaired) electrons. The number of aromatic amines is 1. The zero-order chi connectivity index (χ0) is 12.3. The normalized spacial score (nSPS) is 10.6. The summed E-state index contributed by atoms with van der Waals surface area (Å²) in [5, 5.41) is 20.9. The van der Waals surface area contributed by atoms with Crippen molar-refractivity contribution in [1.82, 2.24) is 9.78 Å². The van der Waals surface area contributed by atoms with E-state index in [1.165, 1.54) is 4.68 Å². The van der Waals surface area contributed by atoms with Crippen molar-refractivity contribution in [3.8, 4) is 5.75 Å². The van der Waals surface area contributed by atoms with Gasteiger partial charge in [0.15, 0.2) is 0 Å². The Bertz CT molecular complexity index is 557. The predicted octanol–water partition coefficient (Wildman–Crippen LogP) is 0.465. The van der Waals surface area contributed by atoms with Gasteiger partial charge in [0, 0.05) is 24.8 Å². The Labute approximate surface area is 97.9 Å². The van der Waals surface area contributed by atoms with Gasteiger partial charge in [-0.1, -0.05) is 12.1 Å². The Balaban J connectivity index is 2.22. The minimum absolute atomic E-state index is 0.0424. The molecule has 0 aliphatic carbocycles. The number of aromatic hydroxyl groups is 1. The lowest BCUT2D eigenvalue weighted by molar-refractivity contribution is 0.299. The highest BCUT2D eigenvalue weighted by atomic mass is 16.3. The minimum Gasteiger partial charge on any atom is -0.508 e. The summed E-state index contributed by atoms with van der Waals surface area (Å²) in [6.07, 6.45) is 1.95. The van der Waals surface area contributed by atoms with Crippen LogP contribution < -0.4 is 5.56 Å². The van der Waals surface area contributed by atoms with Crippen LogP contribution >= 0.6 is 0 Å². The van der Waals surface area contributed by atoms with Gasteiger partial charge < -0.3 is 15.3 Å². The molecule has 5 heteroatoms. The Kier molecular flexibility index (Phi) is 3.30. The number of nitrogens with one attached hydrogen (secondary N) is 1. The van der Waals surface area contributed by atoms with Crippen LogP contribution in [0.2, 0.25) is 0 Å². The Morgan fingerprint density at radius 1 is 1.35 bits per heavy atom. The maximum atomic E-state index is 11.8. The quantitative estimate of drug-likeness (QED) is 0.719. The van der Waals surface area contributed by atoms with Crippen LogP contribution in [0.4, 0.5) is 0 Å². The number of rotatable bonds is 4. The van der Waals surface area contributed by atoms with Gasteiger partial charge in [0.2, 0.25) is 0 Å². The van der Waals surface area contributed by atoms with Gasteiger partial charge in [-0.05, 0) is 17.7 Å². The second-order valence-corrected chi connectivity index (χ2v) is 3.83. The summed E-state index contributed by atoms with van der Waals surface area (Å²) in [6.45, 7) is 0.331. The molecule has 0 fully saturated rings. The molecule has 0 saturated heterocycles. The van der Waals surface area contributed by atoms with E-state index in [2.05, 4.69) is 5.10 Å². The number of hydrogen-bond acceptors (Lipinski definition) is 3. The van der Waals surface area contributed by atoms with E-state index in [-0.39, 0.29) is 17.9 Å². The van der Waals surface area contributed by atoms with Gasteiger partial charge in [-0.15, -0.1) is 0 Å². The molecule has 90 valence electrons. The van der Waals surface area contributed by atoms with E-state index in [1.54, 1.807) is 24.4 Å². The highest BCUT2D eigenvalue weighted by Crippen LogP contribution is 2.11.